The van der Waals surface area contributed by atoms with E-state index in [9.17, 15) is 8.42 Å². The van der Waals surface area contributed by atoms with Gasteiger partial charge in [-0.15, -0.1) is 11.3 Å². The summed E-state index contributed by atoms with van der Waals surface area (Å²) in [5.74, 6) is 0. The maximum absolute atomic E-state index is 12.7. The maximum Gasteiger partial charge on any atom is 0.242 e. The van der Waals surface area contributed by atoms with Crippen LogP contribution in [0.4, 0.5) is 0 Å². The number of hydrogen-bond donors (Lipinski definition) is 2. The van der Waals surface area contributed by atoms with Gasteiger partial charge in [-0.3, -0.25) is 0 Å². The Morgan fingerprint density at radius 3 is 2.67 bits per heavy atom. The van der Waals surface area contributed by atoms with Crippen molar-refractivity contribution in [2.45, 2.75) is 37.6 Å². The Hall–Kier alpha value is -0.950. The van der Waals surface area contributed by atoms with Crippen molar-refractivity contribution in [2.24, 2.45) is 11.1 Å². The van der Waals surface area contributed by atoms with Gasteiger partial charge in [-0.2, -0.15) is 0 Å². The molecule has 21 heavy (non-hydrogen) atoms. The van der Waals surface area contributed by atoms with Crippen LogP contribution in [0.15, 0.2) is 29.2 Å². The number of hydrogen-bond acceptors (Lipinski definition) is 4. The first-order valence-corrected chi connectivity index (χ1v) is 9.45. The lowest BCUT2D eigenvalue weighted by Crippen LogP contribution is -2.40. The third-order valence-corrected chi connectivity index (χ3v) is 7.17. The largest absolute Gasteiger partial charge is 0.326 e. The second kappa shape index (κ2) is 5.35. The van der Waals surface area contributed by atoms with Crippen molar-refractivity contribution >= 4 is 31.4 Å². The second-order valence-electron chi connectivity index (χ2n) is 6.04. The summed E-state index contributed by atoms with van der Waals surface area (Å²) in [4.78, 5) is 1.09. The van der Waals surface area contributed by atoms with E-state index in [4.69, 9.17) is 5.73 Å². The number of thiophene rings is 1. The Balaban J connectivity index is 1.97. The number of nitrogens with two attached hydrogens (primary N) is 1. The molecule has 0 radical (unpaired) electrons. The fraction of sp³-hybridized carbons (Fsp3) is 0.467. The average molecular weight is 324 g/mol. The van der Waals surface area contributed by atoms with Gasteiger partial charge in [-0.1, -0.05) is 31.5 Å². The van der Waals surface area contributed by atoms with Crippen LogP contribution in [0.25, 0.3) is 10.1 Å². The molecule has 3 rings (SSSR count). The molecule has 1 aliphatic rings. The molecule has 1 fully saturated rings. The minimum absolute atomic E-state index is 0.113. The van der Waals surface area contributed by atoms with Gasteiger partial charge in [0.05, 0.1) is 0 Å². The van der Waals surface area contributed by atoms with E-state index in [1.165, 1.54) is 17.8 Å². The molecule has 0 unspecified atom stereocenters. The molecule has 0 aliphatic heterocycles. The quantitative estimate of drug-likeness (QED) is 0.888. The lowest BCUT2D eigenvalue weighted by Gasteiger charge is -2.38. The van der Waals surface area contributed by atoms with Crippen LogP contribution in [0, 0.1) is 5.41 Å². The minimum atomic E-state index is -3.52. The monoisotopic (exact) mass is 324 g/mol. The van der Waals surface area contributed by atoms with E-state index < -0.39 is 10.0 Å². The van der Waals surface area contributed by atoms with Gasteiger partial charge in [0.2, 0.25) is 10.0 Å². The third-order valence-electron chi connectivity index (χ3n) is 4.32. The van der Waals surface area contributed by atoms with Crippen molar-refractivity contribution in [1.29, 1.82) is 0 Å². The first-order valence-electron chi connectivity index (χ1n) is 7.15. The van der Waals surface area contributed by atoms with Crippen molar-refractivity contribution in [3.05, 3.63) is 29.1 Å². The zero-order chi connectivity index (χ0) is 15.1. The first-order chi connectivity index (χ1) is 9.95. The number of nitrogens with one attached hydrogen (secondary N) is 1. The highest BCUT2D eigenvalue weighted by Crippen LogP contribution is 2.40. The Bertz CT molecular complexity index is 761. The van der Waals surface area contributed by atoms with Crippen molar-refractivity contribution in [1.82, 2.24) is 4.72 Å². The molecule has 0 saturated heterocycles. The van der Waals surface area contributed by atoms with Crippen LogP contribution in [-0.4, -0.2) is 15.0 Å². The maximum atomic E-state index is 12.7. The lowest BCUT2D eigenvalue weighted by atomic mass is 9.71. The molecule has 1 aromatic heterocycles. The molecule has 1 aromatic carbocycles. The van der Waals surface area contributed by atoms with E-state index in [0.717, 1.165) is 27.8 Å². The summed E-state index contributed by atoms with van der Waals surface area (Å²) in [6, 6.07) is 7.57. The molecule has 1 heterocycles. The molecule has 114 valence electrons. The summed E-state index contributed by atoms with van der Waals surface area (Å²) in [5.41, 5.74) is 5.86. The molecule has 2 aromatic rings. The Morgan fingerprint density at radius 2 is 2.05 bits per heavy atom. The molecule has 3 N–H and O–H groups in total. The minimum Gasteiger partial charge on any atom is -0.326 e. The van der Waals surface area contributed by atoms with E-state index in [1.54, 1.807) is 0 Å². The predicted molar refractivity (Wildman–Crippen MR) is 86.9 cm³/mol. The topological polar surface area (TPSA) is 72.2 Å². The molecule has 0 amide bonds. The molecule has 1 aliphatic carbocycles. The molecular weight excluding hydrogens is 304 g/mol. The van der Waals surface area contributed by atoms with Gasteiger partial charge in [0.15, 0.2) is 0 Å². The van der Waals surface area contributed by atoms with Gasteiger partial charge in [0, 0.05) is 28.1 Å². The molecule has 6 heteroatoms. The second-order valence-corrected chi connectivity index (χ2v) is 8.88. The highest BCUT2D eigenvalue weighted by molar-refractivity contribution is 7.90. The molecule has 0 atom stereocenters. The zero-order valence-corrected chi connectivity index (χ0v) is 13.7. The lowest BCUT2D eigenvalue weighted by molar-refractivity contribution is 0.166. The normalized spacial score (nSPS) is 17.8. The predicted octanol–water partition coefficient (Wildman–Crippen LogP) is 2.83. The van der Waals surface area contributed by atoms with Crippen LogP contribution in [0.2, 0.25) is 0 Å². The number of benzene rings is 1. The molecule has 0 bridgehead atoms. The smallest absolute Gasteiger partial charge is 0.242 e. The highest BCUT2D eigenvalue weighted by Gasteiger charge is 2.34. The van der Waals surface area contributed by atoms with Gasteiger partial charge in [-0.25, -0.2) is 13.1 Å². The summed E-state index contributed by atoms with van der Waals surface area (Å²) in [6.45, 7) is 2.88. The number of rotatable bonds is 5. The highest BCUT2D eigenvalue weighted by atomic mass is 32.2. The molecule has 1 saturated carbocycles. The van der Waals surface area contributed by atoms with E-state index in [-0.39, 0.29) is 12.0 Å². The van der Waals surface area contributed by atoms with Crippen molar-refractivity contribution < 1.29 is 8.42 Å². The van der Waals surface area contributed by atoms with Gasteiger partial charge in [-0.05, 0) is 24.3 Å². The van der Waals surface area contributed by atoms with Gasteiger partial charge in [0.25, 0.3) is 0 Å². The standard InChI is InChI=1S/C15H20N2O2S2/c1-15(7-4-8-15)10-17-21(18,19)14-11-5-2-3-6-12(11)20-13(14)9-16/h2-3,5-6,17H,4,7-10,16H2,1H3. The van der Waals surface area contributed by atoms with Crippen LogP contribution in [0.5, 0.6) is 0 Å². The summed E-state index contributed by atoms with van der Waals surface area (Å²) < 4.78 is 29.2. The third kappa shape index (κ3) is 2.73. The molecular formula is C15H20N2O2S2. The van der Waals surface area contributed by atoms with E-state index in [0.29, 0.717) is 11.4 Å². The summed E-state index contributed by atoms with van der Waals surface area (Å²) in [6.07, 6.45) is 3.36. The van der Waals surface area contributed by atoms with Gasteiger partial charge < -0.3 is 5.73 Å². The Morgan fingerprint density at radius 1 is 1.33 bits per heavy atom. The van der Waals surface area contributed by atoms with Crippen LogP contribution in [0.3, 0.4) is 0 Å². The Labute approximate surface area is 129 Å². The first kappa shape index (κ1) is 15.0. The fourth-order valence-corrected chi connectivity index (χ4v) is 5.83. The van der Waals surface area contributed by atoms with Crippen LogP contribution < -0.4 is 10.5 Å². The SMILES string of the molecule is CC1(CNS(=O)(=O)c2c(CN)sc3ccccc23)CCC1. The van der Waals surface area contributed by atoms with Gasteiger partial charge in [0.1, 0.15) is 4.90 Å². The van der Waals surface area contributed by atoms with E-state index in [2.05, 4.69) is 11.6 Å². The van der Waals surface area contributed by atoms with Crippen molar-refractivity contribution in [2.75, 3.05) is 6.54 Å². The summed E-state index contributed by atoms with van der Waals surface area (Å²) >= 11 is 1.46. The number of sulfonamides is 1. The summed E-state index contributed by atoms with van der Waals surface area (Å²) in [7, 11) is -3.52. The average Bonchev–Trinajstić information content (AvgIpc) is 2.82. The number of fused-ring (bicyclic) bond motifs is 1. The van der Waals surface area contributed by atoms with Crippen molar-refractivity contribution in [3.63, 3.8) is 0 Å². The zero-order valence-electron chi connectivity index (χ0n) is 12.1. The van der Waals surface area contributed by atoms with Gasteiger partial charge >= 0.3 is 0 Å². The van der Waals surface area contributed by atoms with E-state index >= 15 is 0 Å². The Kier molecular flexibility index (Phi) is 3.81. The molecule has 0 spiro atoms. The summed E-state index contributed by atoms with van der Waals surface area (Å²) in [5, 5.41) is 0.772. The van der Waals surface area contributed by atoms with Crippen LogP contribution in [-0.2, 0) is 16.6 Å². The van der Waals surface area contributed by atoms with Crippen molar-refractivity contribution in [3.8, 4) is 0 Å². The van der Waals surface area contributed by atoms with Crippen LogP contribution in [0.1, 0.15) is 31.1 Å². The molecule has 4 nitrogen and oxygen atoms in total. The fourth-order valence-electron chi connectivity index (χ4n) is 2.80. The van der Waals surface area contributed by atoms with E-state index in [1.807, 2.05) is 24.3 Å². The van der Waals surface area contributed by atoms with Crippen LogP contribution >= 0.6 is 11.3 Å².